The van der Waals surface area contributed by atoms with Crippen molar-refractivity contribution >= 4 is 11.4 Å². The molecule has 0 aromatic heterocycles. The Morgan fingerprint density at radius 3 is 3.08 bits per heavy atom. The van der Waals surface area contributed by atoms with Gasteiger partial charge in [-0.25, -0.2) is 0 Å². The predicted octanol–water partition coefficient (Wildman–Crippen LogP) is 2.61. The normalized spacial score (nSPS) is 20.9. The first-order valence-corrected chi connectivity index (χ1v) is 4.87. The summed E-state index contributed by atoms with van der Waals surface area (Å²) in [6.45, 7) is 5.43. The molecule has 0 saturated carbocycles. The fraction of sp³-hybridized carbons (Fsp3) is 0.455. The zero-order valence-corrected chi connectivity index (χ0v) is 8.22. The first-order chi connectivity index (χ1) is 6.27. The second kappa shape index (κ2) is 3.29. The molecule has 1 aliphatic heterocycles. The molecule has 2 rings (SSSR count). The predicted molar refractivity (Wildman–Crippen MR) is 57.4 cm³/mol. The molecule has 1 heterocycles. The number of hydrogen-bond donors (Lipinski definition) is 2. The Kier molecular flexibility index (Phi) is 2.13. The van der Waals surface area contributed by atoms with E-state index in [-0.39, 0.29) is 0 Å². The summed E-state index contributed by atoms with van der Waals surface area (Å²) in [5.41, 5.74) is 3.83. The van der Waals surface area contributed by atoms with Gasteiger partial charge in [0.05, 0.1) is 11.4 Å². The Morgan fingerprint density at radius 1 is 1.38 bits per heavy atom. The van der Waals surface area contributed by atoms with Crippen LogP contribution in [-0.4, -0.2) is 12.6 Å². The van der Waals surface area contributed by atoms with Crippen molar-refractivity contribution < 1.29 is 0 Å². The molecule has 1 unspecified atom stereocenters. The fourth-order valence-corrected chi connectivity index (χ4v) is 1.75. The molecule has 0 bridgehead atoms. The number of benzene rings is 1. The molecule has 0 amide bonds. The third-order valence-corrected chi connectivity index (χ3v) is 2.56. The second-order valence-corrected chi connectivity index (χ2v) is 3.76. The third-order valence-electron chi connectivity index (χ3n) is 2.56. The van der Waals surface area contributed by atoms with Crippen molar-refractivity contribution in [3.63, 3.8) is 0 Å². The van der Waals surface area contributed by atoms with Crippen LogP contribution in [0, 0.1) is 6.92 Å². The number of fused-ring (bicyclic) bond motifs is 1. The molecule has 1 aliphatic rings. The largest absolute Gasteiger partial charge is 0.383 e. The summed E-state index contributed by atoms with van der Waals surface area (Å²) in [5, 5.41) is 6.96. The first kappa shape index (κ1) is 8.42. The summed E-state index contributed by atoms with van der Waals surface area (Å²) in [6.07, 6.45) is 1.17. The Bertz CT molecular complexity index is 307. The number of aryl methyl sites for hydroxylation is 1. The van der Waals surface area contributed by atoms with Crippen LogP contribution >= 0.6 is 0 Å². The van der Waals surface area contributed by atoms with Crippen LogP contribution in [0.3, 0.4) is 0 Å². The Morgan fingerprint density at radius 2 is 2.23 bits per heavy atom. The summed E-state index contributed by atoms with van der Waals surface area (Å²) in [7, 11) is 0. The van der Waals surface area contributed by atoms with E-state index in [0.717, 1.165) is 6.54 Å². The van der Waals surface area contributed by atoms with E-state index in [2.05, 4.69) is 42.7 Å². The van der Waals surface area contributed by atoms with Crippen LogP contribution < -0.4 is 10.6 Å². The Balaban J connectivity index is 2.40. The van der Waals surface area contributed by atoms with Crippen molar-refractivity contribution in [2.24, 2.45) is 0 Å². The average Bonchev–Trinajstić information content (AvgIpc) is 2.28. The molecule has 2 N–H and O–H groups in total. The zero-order valence-electron chi connectivity index (χ0n) is 8.22. The standard InChI is InChI=1S/C11H16N2/c1-8-4-3-5-10-11(8)13-9(2)6-7-12-10/h3-5,9,12-13H,6-7H2,1-2H3. The SMILES string of the molecule is Cc1cccc2c1NC(C)CCN2. The minimum Gasteiger partial charge on any atom is -0.383 e. The van der Waals surface area contributed by atoms with Gasteiger partial charge >= 0.3 is 0 Å². The number of rotatable bonds is 0. The van der Waals surface area contributed by atoms with Crippen molar-refractivity contribution in [1.29, 1.82) is 0 Å². The van der Waals surface area contributed by atoms with E-state index < -0.39 is 0 Å². The van der Waals surface area contributed by atoms with Crippen LogP contribution in [0.15, 0.2) is 18.2 Å². The quantitative estimate of drug-likeness (QED) is 0.635. The van der Waals surface area contributed by atoms with Gasteiger partial charge in [0.2, 0.25) is 0 Å². The van der Waals surface area contributed by atoms with Crippen molar-refractivity contribution in [3.05, 3.63) is 23.8 Å². The van der Waals surface area contributed by atoms with E-state index in [0.29, 0.717) is 6.04 Å². The molecule has 0 aliphatic carbocycles. The maximum atomic E-state index is 3.53. The summed E-state index contributed by atoms with van der Waals surface area (Å²) >= 11 is 0. The van der Waals surface area contributed by atoms with Gasteiger partial charge in [-0.1, -0.05) is 12.1 Å². The summed E-state index contributed by atoms with van der Waals surface area (Å²) in [4.78, 5) is 0. The van der Waals surface area contributed by atoms with Crippen LogP contribution in [-0.2, 0) is 0 Å². The highest BCUT2D eigenvalue weighted by Gasteiger charge is 2.12. The average molecular weight is 176 g/mol. The highest BCUT2D eigenvalue weighted by atomic mass is 15.0. The minimum atomic E-state index is 0.565. The van der Waals surface area contributed by atoms with Crippen LogP contribution in [0.4, 0.5) is 11.4 Å². The van der Waals surface area contributed by atoms with Gasteiger partial charge in [0.15, 0.2) is 0 Å². The molecule has 0 saturated heterocycles. The highest BCUT2D eigenvalue weighted by Crippen LogP contribution is 2.28. The van der Waals surface area contributed by atoms with Gasteiger partial charge in [0, 0.05) is 12.6 Å². The molecule has 1 aromatic carbocycles. The van der Waals surface area contributed by atoms with Crippen molar-refractivity contribution in [1.82, 2.24) is 0 Å². The summed E-state index contributed by atoms with van der Waals surface area (Å²) in [5.74, 6) is 0. The zero-order chi connectivity index (χ0) is 9.26. The van der Waals surface area contributed by atoms with Gasteiger partial charge < -0.3 is 10.6 Å². The first-order valence-electron chi connectivity index (χ1n) is 4.87. The van der Waals surface area contributed by atoms with Crippen molar-refractivity contribution in [3.8, 4) is 0 Å². The van der Waals surface area contributed by atoms with E-state index in [1.165, 1.54) is 23.4 Å². The molecular weight excluding hydrogens is 160 g/mol. The molecule has 0 radical (unpaired) electrons. The van der Waals surface area contributed by atoms with Gasteiger partial charge in [-0.15, -0.1) is 0 Å². The van der Waals surface area contributed by atoms with Crippen LogP contribution in [0.5, 0.6) is 0 Å². The molecule has 1 atom stereocenters. The molecular formula is C11H16N2. The van der Waals surface area contributed by atoms with E-state index in [4.69, 9.17) is 0 Å². The van der Waals surface area contributed by atoms with Gasteiger partial charge in [-0.2, -0.15) is 0 Å². The smallest absolute Gasteiger partial charge is 0.0607 e. The Hall–Kier alpha value is -1.18. The van der Waals surface area contributed by atoms with Crippen molar-refractivity contribution in [2.75, 3.05) is 17.2 Å². The lowest BCUT2D eigenvalue weighted by Crippen LogP contribution is -2.15. The summed E-state index contributed by atoms with van der Waals surface area (Å²) < 4.78 is 0. The maximum absolute atomic E-state index is 3.53. The van der Waals surface area contributed by atoms with E-state index >= 15 is 0 Å². The fourth-order valence-electron chi connectivity index (χ4n) is 1.75. The van der Waals surface area contributed by atoms with Gasteiger partial charge in [0.25, 0.3) is 0 Å². The minimum absolute atomic E-state index is 0.565. The molecule has 70 valence electrons. The molecule has 13 heavy (non-hydrogen) atoms. The summed E-state index contributed by atoms with van der Waals surface area (Å²) in [6, 6.07) is 6.94. The van der Waals surface area contributed by atoms with Crippen LogP contribution in [0.1, 0.15) is 18.9 Å². The third kappa shape index (κ3) is 1.62. The lowest BCUT2D eigenvalue weighted by atomic mass is 10.1. The number of anilines is 2. The maximum Gasteiger partial charge on any atom is 0.0607 e. The topological polar surface area (TPSA) is 24.1 Å². The molecule has 2 heteroatoms. The number of para-hydroxylation sites is 1. The van der Waals surface area contributed by atoms with Gasteiger partial charge in [0.1, 0.15) is 0 Å². The van der Waals surface area contributed by atoms with Crippen LogP contribution in [0.25, 0.3) is 0 Å². The van der Waals surface area contributed by atoms with E-state index in [9.17, 15) is 0 Å². The van der Waals surface area contributed by atoms with Gasteiger partial charge in [-0.05, 0) is 31.9 Å². The van der Waals surface area contributed by atoms with Crippen molar-refractivity contribution in [2.45, 2.75) is 26.3 Å². The monoisotopic (exact) mass is 176 g/mol. The lowest BCUT2D eigenvalue weighted by Gasteiger charge is -2.14. The second-order valence-electron chi connectivity index (χ2n) is 3.76. The lowest BCUT2D eigenvalue weighted by molar-refractivity contribution is 0.745. The molecule has 1 aromatic rings. The van der Waals surface area contributed by atoms with E-state index in [1.54, 1.807) is 0 Å². The number of hydrogen-bond acceptors (Lipinski definition) is 2. The van der Waals surface area contributed by atoms with Gasteiger partial charge in [-0.3, -0.25) is 0 Å². The molecule has 0 fully saturated rings. The number of nitrogens with one attached hydrogen (secondary N) is 2. The Labute approximate surface area is 79.4 Å². The highest BCUT2D eigenvalue weighted by molar-refractivity contribution is 5.73. The van der Waals surface area contributed by atoms with Crippen LogP contribution in [0.2, 0.25) is 0 Å². The van der Waals surface area contributed by atoms with E-state index in [1.807, 2.05) is 0 Å². The molecule has 0 spiro atoms. The molecule has 2 nitrogen and oxygen atoms in total.